The van der Waals surface area contributed by atoms with E-state index >= 15 is 0 Å². The zero-order valence-electron chi connectivity index (χ0n) is 15.9. The van der Waals surface area contributed by atoms with Crippen LogP contribution in [0.5, 0.6) is 0 Å². The third-order valence-electron chi connectivity index (χ3n) is 5.31. The summed E-state index contributed by atoms with van der Waals surface area (Å²) in [4.78, 5) is 11.2. The molecule has 0 amide bonds. The number of carbonyl (C=O) groups excluding carboxylic acids is 1. The predicted molar refractivity (Wildman–Crippen MR) is 102 cm³/mol. The lowest BCUT2D eigenvalue weighted by Gasteiger charge is -2.28. The number of carbonyl (C=O) groups is 1. The van der Waals surface area contributed by atoms with Crippen LogP contribution in [0.25, 0.3) is 22.3 Å². The van der Waals surface area contributed by atoms with E-state index in [-0.39, 0.29) is 16.9 Å². The number of benzene rings is 2. The third kappa shape index (κ3) is 2.97. The molecule has 0 fully saturated rings. The molecule has 1 aliphatic carbocycles. The second-order valence-corrected chi connectivity index (χ2v) is 7.43. The van der Waals surface area contributed by atoms with Crippen molar-refractivity contribution in [3.8, 4) is 22.3 Å². The molecule has 3 aromatic rings. The standard InChI is InChI=1S/C22H19F3N2O2/c1-13-9-17(15-11-26-27(12-15)8-7-14(2)28)20-16-5-3-4-6-18(16)21(29,19(20)10-13)22(23,24)25/h3-6,9-12,29H,7-8H2,1-2H3. The van der Waals surface area contributed by atoms with Gasteiger partial charge in [-0.1, -0.05) is 42.0 Å². The van der Waals surface area contributed by atoms with Crippen molar-refractivity contribution < 1.29 is 23.1 Å². The minimum absolute atomic E-state index is 0.0302. The Kier molecular flexibility index (Phi) is 4.38. The van der Waals surface area contributed by atoms with Gasteiger partial charge >= 0.3 is 6.18 Å². The maximum atomic E-state index is 14.1. The second kappa shape index (κ2) is 6.56. The van der Waals surface area contributed by atoms with Crippen LogP contribution in [0.1, 0.15) is 30.0 Å². The number of halogens is 3. The smallest absolute Gasteiger partial charge is 0.372 e. The second-order valence-electron chi connectivity index (χ2n) is 7.43. The first-order chi connectivity index (χ1) is 13.6. The molecule has 0 radical (unpaired) electrons. The zero-order chi connectivity index (χ0) is 21.0. The zero-order valence-corrected chi connectivity index (χ0v) is 15.9. The monoisotopic (exact) mass is 400 g/mol. The van der Waals surface area contributed by atoms with Crippen LogP contribution in [0.3, 0.4) is 0 Å². The van der Waals surface area contributed by atoms with E-state index in [9.17, 15) is 23.1 Å². The molecule has 150 valence electrons. The molecule has 0 saturated carbocycles. The topological polar surface area (TPSA) is 55.1 Å². The highest BCUT2D eigenvalue weighted by atomic mass is 19.4. The molecular formula is C22H19F3N2O2. The van der Waals surface area contributed by atoms with Gasteiger partial charge in [-0.3, -0.25) is 9.48 Å². The number of aryl methyl sites for hydroxylation is 2. The van der Waals surface area contributed by atoms with E-state index in [1.165, 1.54) is 25.1 Å². The number of hydrogen-bond acceptors (Lipinski definition) is 3. The van der Waals surface area contributed by atoms with Crippen LogP contribution >= 0.6 is 0 Å². The minimum atomic E-state index is -4.87. The average Bonchev–Trinajstić information content (AvgIpc) is 3.22. The number of Topliss-reactive ketones (excluding diaryl/α,β-unsaturated/α-hetero) is 1. The summed E-state index contributed by atoms with van der Waals surface area (Å²) in [6.45, 7) is 3.59. The van der Waals surface area contributed by atoms with E-state index in [4.69, 9.17) is 0 Å². The Morgan fingerprint density at radius 2 is 1.90 bits per heavy atom. The molecule has 4 nitrogen and oxygen atoms in total. The Labute approximate surface area is 165 Å². The molecule has 29 heavy (non-hydrogen) atoms. The highest BCUT2D eigenvalue weighted by Crippen LogP contribution is 2.57. The lowest BCUT2D eigenvalue weighted by molar-refractivity contribution is -0.246. The highest BCUT2D eigenvalue weighted by molar-refractivity contribution is 5.92. The lowest BCUT2D eigenvalue weighted by atomic mass is 9.88. The van der Waals surface area contributed by atoms with E-state index in [2.05, 4.69) is 5.10 Å². The number of fused-ring (bicyclic) bond motifs is 3. The maximum absolute atomic E-state index is 14.1. The summed E-state index contributed by atoms with van der Waals surface area (Å²) in [6, 6.07) is 9.25. The van der Waals surface area contributed by atoms with Crippen molar-refractivity contribution in [2.45, 2.75) is 38.6 Å². The Morgan fingerprint density at radius 1 is 1.17 bits per heavy atom. The van der Waals surface area contributed by atoms with E-state index < -0.39 is 11.8 Å². The first-order valence-corrected chi connectivity index (χ1v) is 9.19. The number of nitrogens with zero attached hydrogens (tertiary/aromatic N) is 2. The number of ketones is 1. The summed E-state index contributed by atoms with van der Waals surface area (Å²) < 4.78 is 43.7. The van der Waals surface area contributed by atoms with Gasteiger partial charge in [0.05, 0.1) is 6.20 Å². The molecule has 1 atom stereocenters. The molecular weight excluding hydrogens is 381 g/mol. The van der Waals surface area contributed by atoms with Crippen molar-refractivity contribution in [3.05, 3.63) is 65.5 Å². The van der Waals surface area contributed by atoms with Crippen molar-refractivity contribution in [2.24, 2.45) is 0 Å². The van der Waals surface area contributed by atoms with Crippen molar-refractivity contribution in [2.75, 3.05) is 0 Å². The fraction of sp³-hybridized carbons (Fsp3) is 0.273. The van der Waals surface area contributed by atoms with Crippen LogP contribution in [0.4, 0.5) is 13.2 Å². The largest absolute Gasteiger partial charge is 0.425 e. The molecule has 0 aliphatic heterocycles. The van der Waals surface area contributed by atoms with Gasteiger partial charge in [0.1, 0.15) is 5.78 Å². The molecule has 2 aromatic carbocycles. The van der Waals surface area contributed by atoms with E-state index in [0.717, 1.165) is 0 Å². The predicted octanol–water partition coefficient (Wildman–Crippen LogP) is 4.62. The summed E-state index contributed by atoms with van der Waals surface area (Å²) >= 11 is 0. The quantitative estimate of drug-likeness (QED) is 0.696. The molecule has 0 saturated heterocycles. The third-order valence-corrected chi connectivity index (χ3v) is 5.31. The van der Waals surface area contributed by atoms with Crippen LogP contribution in [0, 0.1) is 6.92 Å². The van der Waals surface area contributed by atoms with Gasteiger partial charge < -0.3 is 5.11 Å². The van der Waals surface area contributed by atoms with Gasteiger partial charge in [-0.15, -0.1) is 0 Å². The maximum Gasteiger partial charge on any atom is 0.425 e. The molecule has 1 aliphatic rings. The van der Waals surface area contributed by atoms with Crippen LogP contribution in [0.2, 0.25) is 0 Å². The van der Waals surface area contributed by atoms with Crippen molar-refractivity contribution in [3.63, 3.8) is 0 Å². The Hall–Kier alpha value is -2.93. The summed E-state index contributed by atoms with van der Waals surface area (Å²) in [6.07, 6.45) is -1.26. The SMILES string of the molecule is CC(=O)CCn1cc(-c2cc(C)cc3c2-c2ccccc2C3(O)C(F)(F)F)cn1. The number of alkyl halides is 3. The van der Waals surface area contributed by atoms with Crippen molar-refractivity contribution in [1.82, 2.24) is 9.78 Å². The fourth-order valence-corrected chi connectivity index (χ4v) is 3.95. The summed E-state index contributed by atoms with van der Waals surface area (Å²) in [7, 11) is 0. The summed E-state index contributed by atoms with van der Waals surface area (Å²) in [5.74, 6) is 0.0302. The van der Waals surface area contributed by atoms with Gasteiger partial charge in [-0.05, 0) is 30.5 Å². The summed E-state index contributed by atoms with van der Waals surface area (Å²) in [5, 5.41) is 15.1. The van der Waals surface area contributed by atoms with Crippen LogP contribution in [-0.2, 0) is 16.9 Å². The Bertz CT molecular complexity index is 1120. The molecule has 1 heterocycles. The van der Waals surface area contributed by atoms with E-state index in [0.29, 0.717) is 40.8 Å². The molecule has 1 N–H and O–H groups in total. The first-order valence-electron chi connectivity index (χ1n) is 9.19. The number of aromatic nitrogens is 2. The van der Waals surface area contributed by atoms with E-state index in [1.807, 2.05) is 0 Å². The van der Waals surface area contributed by atoms with Crippen LogP contribution < -0.4 is 0 Å². The van der Waals surface area contributed by atoms with Gasteiger partial charge in [0.25, 0.3) is 0 Å². The van der Waals surface area contributed by atoms with Crippen LogP contribution in [-0.4, -0.2) is 26.8 Å². The minimum Gasteiger partial charge on any atom is -0.372 e. The van der Waals surface area contributed by atoms with Gasteiger partial charge in [0.15, 0.2) is 0 Å². The van der Waals surface area contributed by atoms with E-state index in [1.54, 1.807) is 42.2 Å². The number of rotatable bonds is 4. The normalized spacial score (nSPS) is 17.9. The highest BCUT2D eigenvalue weighted by Gasteiger charge is 2.61. The lowest BCUT2D eigenvalue weighted by Crippen LogP contribution is -2.41. The summed E-state index contributed by atoms with van der Waals surface area (Å²) in [5.41, 5.74) is -0.881. The van der Waals surface area contributed by atoms with Gasteiger partial charge in [-0.25, -0.2) is 0 Å². The van der Waals surface area contributed by atoms with Gasteiger partial charge in [0, 0.05) is 35.9 Å². The Morgan fingerprint density at radius 3 is 2.59 bits per heavy atom. The molecule has 7 heteroatoms. The number of hydrogen-bond donors (Lipinski definition) is 1. The molecule has 4 rings (SSSR count). The molecule has 0 bridgehead atoms. The van der Waals surface area contributed by atoms with Crippen molar-refractivity contribution >= 4 is 5.78 Å². The van der Waals surface area contributed by atoms with Crippen molar-refractivity contribution in [1.29, 1.82) is 0 Å². The van der Waals surface area contributed by atoms with Gasteiger partial charge in [0.2, 0.25) is 5.60 Å². The van der Waals surface area contributed by atoms with Crippen LogP contribution in [0.15, 0.2) is 48.8 Å². The average molecular weight is 400 g/mol. The fourth-order valence-electron chi connectivity index (χ4n) is 3.95. The van der Waals surface area contributed by atoms with Gasteiger partial charge in [-0.2, -0.15) is 18.3 Å². The molecule has 1 aromatic heterocycles. The molecule has 0 spiro atoms. The number of aliphatic hydroxyl groups is 1. The molecule has 1 unspecified atom stereocenters. The Balaban J connectivity index is 1.94. The first kappa shape index (κ1) is 19.4.